The molecule has 0 aliphatic rings. The van der Waals surface area contributed by atoms with E-state index in [1.807, 2.05) is 6.08 Å². The Labute approximate surface area is 70.3 Å². The Balaban J connectivity index is 3.02. The zero-order valence-electron chi connectivity index (χ0n) is 7.13. The molecule has 0 aliphatic carbocycles. The Bertz CT molecular complexity index is 120. The highest BCUT2D eigenvalue weighted by molar-refractivity contribution is 4.84. The van der Waals surface area contributed by atoms with Crippen molar-refractivity contribution >= 4 is 0 Å². The van der Waals surface area contributed by atoms with Gasteiger partial charge in [0, 0.05) is 0 Å². The van der Waals surface area contributed by atoms with Crippen LogP contribution in [-0.2, 0) is 0 Å². The van der Waals surface area contributed by atoms with Gasteiger partial charge in [-0.05, 0) is 32.1 Å². The van der Waals surface area contributed by atoms with E-state index in [0.29, 0.717) is 0 Å². The van der Waals surface area contributed by atoms with E-state index in [1.165, 1.54) is 6.42 Å². The fourth-order valence-electron chi connectivity index (χ4n) is 0.803. The molecule has 0 heterocycles. The predicted molar refractivity (Wildman–Crippen MR) is 51.3 cm³/mol. The minimum atomic E-state index is 1.02. The molecule has 0 aromatic rings. The van der Waals surface area contributed by atoms with Crippen LogP contribution in [0, 0.1) is 6.58 Å². The highest BCUT2D eigenvalue weighted by Crippen LogP contribution is 1.98. The molecule has 0 amide bonds. The van der Waals surface area contributed by atoms with Crippen LogP contribution in [0.15, 0.2) is 30.9 Å². The highest BCUT2D eigenvalue weighted by atomic mass is 13.8. The third kappa shape index (κ3) is 9.22. The standard InChI is InChI=1S/C11H17/c1-3-5-7-9-11-10-8-6-4-2/h1,3-4,10-11H,2,5-9H2. The van der Waals surface area contributed by atoms with E-state index >= 15 is 0 Å². The molecule has 0 fully saturated rings. The number of hydrogen-bond donors (Lipinski definition) is 0. The van der Waals surface area contributed by atoms with Crippen LogP contribution in [0.25, 0.3) is 0 Å². The Kier molecular flexibility index (Phi) is 8.57. The summed E-state index contributed by atoms with van der Waals surface area (Å²) in [6.07, 6.45) is 13.6. The summed E-state index contributed by atoms with van der Waals surface area (Å²) in [5.74, 6) is 0. The van der Waals surface area contributed by atoms with E-state index in [2.05, 4.69) is 18.7 Å². The number of allylic oxidation sites excluding steroid dienone is 4. The summed E-state index contributed by atoms with van der Waals surface area (Å²) in [4.78, 5) is 0. The molecule has 0 aromatic carbocycles. The van der Waals surface area contributed by atoms with Crippen molar-refractivity contribution in [2.75, 3.05) is 0 Å². The van der Waals surface area contributed by atoms with E-state index in [1.54, 1.807) is 6.08 Å². The fraction of sp³-hybridized carbons (Fsp3) is 0.455. The molecule has 0 spiro atoms. The van der Waals surface area contributed by atoms with Crippen molar-refractivity contribution in [2.45, 2.75) is 32.1 Å². The zero-order chi connectivity index (χ0) is 8.36. The summed E-state index contributed by atoms with van der Waals surface area (Å²) in [5, 5.41) is 0. The molecular formula is C11H17. The van der Waals surface area contributed by atoms with E-state index in [4.69, 9.17) is 6.58 Å². The average Bonchev–Trinajstić information content (AvgIpc) is 2.03. The molecule has 0 unspecified atom stereocenters. The second-order valence-corrected chi connectivity index (χ2v) is 2.50. The molecule has 0 saturated carbocycles. The Morgan fingerprint density at radius 3 is 2.36 bits per heavy atom. The smallest absolute Gasteiger partial charge is 0.0316 e. The van der Waals surface area contributed by atoms with E-state index in [9.17, 15) is 0 Å². The van der Waals surface area contributed by atoms with E-state index in [0.717, 1.165) is 25.7 Å². The molecule has 61 valence electrons. The predicted octanol–water partition coefficient (Wildman–Crippen LogP) is 3.67. The first-order valence-corrected chi connectivity index (χ1v) is 4.21. The summed E-state index contributed by atoms with van der Waals surface area (Å²) in [7, 11) is 0. The van der Waals surface area contributed by atoms with Gasteiger partial charge in [0.2, 0.25) is 0 Å². The summed E-state index contributed by atoms with van der Waals surface area (Å²) >= 11 is 0. The van der Waals surface area contributed by atoms with Gasteiger partial charge in [0.15, 0.2) is 0 Å². The van der Waals surface area contributed by atoms with Gasteiger partial charge in [-0.3, -0.25) is 0 Å². The lowest BCUT2D eigenvalue weighted by Crippen LogP contribution is -1.68. The van der Waals surface area contributed by atoms with E-state index in [-0.39, 0.29) is 0 Å². The van der Waals surface area contributed by atoms with Crippen LogP contribution in [-0.4, -0.2) is 0 Å². The topological polar surface area (TPSA) is 0 Å². The first-order valence-electron chi connectivity index (χ1n) is 4.21. The first-order chi connectivity index (χ1) is 5.41. The fourth-order valence-corrected chi connectivity index (χ4v) is 0.803. The number of rotatable bonds is 7. The van der Waals surface area contributed by atoms with Gasteiger partial charge in [-0.15, -0.1) is 6.58 Å². The van der Waals surface area contributed by atoms with Gasteiger partial charge in [-0.2, -0.15) is 0 Å². The van der Waals surface area contributed by atoms with Crippen LogP contribution in [0.4, 0.5) is 0 Å². The lowest BCUT2D eigenvalue weighted by Gasteiger charge is -1.88. The van der Waals surface area contributed by atoms with Crippen molar-refractivity contribution in [3.05, 3.63) is 37.5 Å². The van der Waals surface area contributed by atoms with Crippen molar-refractivity contribution < 1.29 is 0 Å². The van der Waals surface area contributed by atoms with Crippen LogP contribution in [0.1, 0.15) is 32.1 Å². The Morgan fingerprint density at radius 1 is 1.00 bits per heavy atom. The number of unbranched alkanes of at least 4 members (excludes halogenated alkanes) is 3. The summed E-state index contributed by atoms with van der Waals surface area (Å²) < 4.78 is 0. The molecule has 0 atom stereocenters. The minimum Gasteiger partial charge on any atom is -0.103 e. The van der Waals surface area contributed by atoms with Crippen molar-refractivity contribution in [2.24, 2.45) is 0 Å². The van der Waals surface area contributed by atoms with Gasteiger partial charge in [-0.1, -0.05) is 30.9 Å². The molecule has 0 aliphatic heterocycles. The summed E-state index contributed by atoms with van der Waals surface area (Å²) in [5.41, 5.74) is 0. The molecule has 11 heavy (non-hydrogen) atoms. The van der Waals surface area contributed by atoms with Gasteiger partial charge in [-0.25, -0.2) is 0 Å². The van der Waals surface area contributed by atoms with Crippen LogP contribution < -0.4 is 0 Å². The third-order valence-corrected chi connectivity index (χ3v) is 1.45. The van der Waals surface area contributed by atoms with Gasteiger partial charge >= 0.3 is 0 Å². The molecule has 0 nitrogen and oxygen atoms in total. The second kappa shape index (κ2) is 9.22. The molecule has 0 aromatic heterocycles. The normalized spacial score (nSPS) is 10.2. The zero-order valence-corrected chi connectivity index (χ0v) is 7.13. The van der Waals surface area contributed by atoms with Gasteiger partial charge < -0.3 is 0 Å². The highest BCUT2D eigenvalue weighted by Gasteiger charge is 1.78. The molecule has 0 rings (SSSR count). The van der Waals surface area contributed by atoms with Crippen molar-refractivity contribution in [3.63, 3.8) is 0 Å². The lowest BCUT2D eigenvalue weighted by molar-refractivity contribution is 0.863. The molecule has 0 bridgehead atoms. The SMILES string of the molecule is [CH]=CCCCC=CCCC=C. The van der Waals surface area contributed by atoms with E-state index < -0.39 is 0 Å². The molecule has 0 N–H and O–H groups in total. The van der Waals surface area contributed by atoms with Crippen LogP contribution >= 0.6 is 0 Å². The maximum Gasteiger partial charge on any atom is -0.0316 e. The van der Waals surface area contributed by atoms with Crippen molar-refractivity contribution in [3.8, 4) is 0 Å². The monoisotopic (exact) mass is 149 g/mol. The molecule has 1 radical (unpaired) electrons. The summed E-state index contributed by atoms with van der Waals surface area (Å²) in [6.45, 7) is 8.88. The Morgan fingerprint density at radius 2 is 1.73 bits per heavy atom. The first kappa shape index (κ1) is 10.2. The molecule has 0 saturated heterocycles. The van der Waals surface area contributed by atoms with Crippen LogP contribution in [0.5, 0.6) is 0 Å². The van der Waals surface area contributed by atoms with Gasteiger partial charge in [0.05, 0.1) is 0 Å². The van der Waals surface area contributed by atoms with Crippen LogP contribution in [0.3, 0.4) is 0 Å². The number of hydrogen-bond acceptors (Lipinski definition) is 0. The second-order valence-electron chi connectivity index (χ2n) is 2.50. The van der Waals surface area contributed by atoms with Crippen LogP contribution in [0.2, 0.25) is 0 Å². The molecule has 0 heteroatoms. The quantitative estimate of drug-likeness (QED) is 0.382. The maximum atomic E-state index is 5.23. The van der Waals surface area contributed by atoms with Gasteiger partial charge in [0.1, 0.15) is 0 Å². The largest absolute Gasteiger partial charge is 0.103 e. The van der Waals surface area contributed by atoms with Crippen molar-refractivity contribution in [1.82, 2.24) is 0 Å². The maximum absolute atomic E-state index is 5.23. The summed E-state index contributed by atoms with van der Waals surface area (Å²) in [6, 6.07) is 0. The van der Waals surface area contributed by atoms with Gasteiger partial charge in [0.25, 0.3) is 0 Å². The minimum absolute atomic E-state index is 1.02. The van der Waals surface area contributed by atoms with Crippen molar-refractivity contribution in [1.29, 1.82) is 0 Å². The lowest BCUT2D eigenvalue weighted by atomic mass is 10.2. The average molecular weight is 149 g/mol. The third-order valence-electron chi connectivity index (χ3n) is 1.45. The Hall–Kier alpha value is -0.780. The molecular weight excluding hydrogens is 132 g/mol.